The standard InChI is InChI=1S/C32H45N3O/c1-23-12-14-33-29(16-23)30-22-24(13-15-34-30)10-8-6-4-2-3-5-7-9-11-31(36)35-32-27-18-25-17-26(20-27)21-28(32)19-25/h12-16,22,25-28,32H,2-11,17-21H2,1H3,(H,35,36). The number of hydrogen-bond acceptors (Lipinski definition) is 3. The van der Waals surface area contributed by atoms with Crippen molar-refractivity contribution in [3.63, 3.8) is 0 Å². The van der Waals surface area contributed by atoms with Gasteiger partial charge >= 0.3 is 0 Å². The summed E-state index contributed by atoms with van der Waals surface area (Å²) in [4.78, 5) is 21.5. The van der Waals surface area contributed by atoms with E-state index in [9.17, 15) is 4.79 Å². The number of carbonyl (C=O) groups is 1. The van der Waals surface area contributed by atoms with Crippen molar-refractivity contribution in [2.75, 3.05) is 0 Å². The van der Waals surface area contributed by atoms with Crippen molar-refractivity contribution in [1.29, 1.82) is 0 Å². The average molecular weight is 488 g/mol. The van der Waals surface area contributed by atoms with Crippen molar-refractivity contribution < 1.29 is 4.79 Å². The second-order valence-electron chi connectivity index (χ2n) is 12.1. The maximum absolute atomic E-state index is 12.6. The zero-order valence-electron chi connectivity index (χ0n) is 22.3. The van der Waals surface area contributed by atoms with Crippen LogP contribution in [0.1, 0.15) is 101 Å². The first kappa shape index (κ1) is 25.4. The van der Waals surface area contributed by atoms with Gasteiger partial charge in [0.1, 0.15) is 0 Å². The number of amides is 1. The summed E-state index contributed by atoms with van der Waals surface area (Å²) in [5, 5.41) is 3.47. The van der Waals surface area contributed by atoms with E-state index in [2.05, 4.69) is 40.4 Å². The number of nitrogens with one attached hydrogen (secondary N) is 1. The zero-order valence-corrected chi connectivity index (χ0v) is 22.3. The number of pyridine rings is 2. The summed E-state index contributed by atoms with van der Waals surface area (Å²) in [6.45, 7) is 2.09. The van der Waals surface area contributed by atoms with Crippen molar-refractivity contribution in [2.45, 2.75) is 109 Å². The number of unbranched alkanes of at least 4 members (excludes halogenated alkanes) is 7. The SMILES string of the molecule is Cc1ccnc(-c2cc(CCCCCCCCCCC(=O)NC3C4CC5CC(C4)CC3C5)ccn2)c1. The quantitative estimate of drug-likeness (QED) is 0.299. The van der Waals surface area contributed by atoms with Crippen LogP contribution in [0.3, 0.4) is 0 Å². The number of aryl methyl sites for hydroxylation is 2. The van der Waals surface area contributed by atoms with Gasteiger partial charge in [-0.25, -0.2) is 0 Å². The summed E-state index contributed by atoms with van der Waals surface area (Å²) in [6, 6.07) is 8.96. The van der Waals surface area contributed by atoms with Gasteiger partial charge in [0.2, 0.25) is 5.91 Å². The van der Waals surface area contributed by atoms with Gasteiger partial charge in [0.05, 0.1) is 11.4 Å². The fourth-order valence-corrected chi connectivity index (χ4v) is 7.54. The van der Waals surface area contributed by atoms with E-state index < -0.39 is 0 Å². The Labute approximate surface area is 218 Å². The molecular weight excluding hydrogens is 442 g/mol. The number of aromatic nitrogens is 2. The van der Waals surface area contributed by atoms with Gasteiger partial charge in [0.15, 0.2) is 0 Å². The van der Waals surface area contributed by atoms with Gasteiger partial charge in [0, 0.05) is 24.9 Å². The molecule has 4 aliphatic rings. The minimum absolute atomic E-state index is 0.324. The number of rotatable bonds is 13. The molecule has 36 heavy (non-hydrogen) atoms. The first-order valence-corrected chi connectivity index (χ1v) is 14.8. The fourth-order valence-electron chi connectivity index (χ4n) is 7.54. The predicted molar refractivity (Wildman–Crippen MR) is 146 cm³/mol. The maximum Gasteiger partial charge on any atom is 0.220 e. The Morgan fingerprint density at radius 1 is 0.778 bits per heavy atom. The predicted octanol–water partition coefficient (Wildman–Crippen LogP) is 7.45. The Morgan fingerprint density at radius 2 is 1.36 bits per heavy atom. The van der Waals surface area contributed by atoms with Crippen LogP contribution >= 0.6 is 0 Å². The molecule has 0 aromatic carbocycles. The topological polar surface area (TPSA) is 54.9 Å². The molecule has 0 spiro atoms. The molecule has 4 heteroatoms. The molecule has 4 saturated carbocycles. The Balaban J connectivity index is 0.889. The largest absolute Gasteiger partial charge is 0.353 e. The lowest BCUT2D eigenvalue weighted by molar-refractivity contribution is -0.125. The first-order chi connectivity index (χ1) is 17.6. The number of hydrogen-bond donors (Lipinski definition) is 1. The molecule has 2 aromatic rings. The lowest BCUT2D eigenvalue weighted by Gasteiger charge is -2.54. The molecule has 2 heterocycles. The Kier molecular flexibility index (Phi) is 8.71. The van der Waals surface area contributed by atoms with Crippen molar-refractivity contribution in [2.24, 2.45) is 23.7 Å². The van der Waals surface area contributed by atoms with Gasteiger partial charge in [-0.3, -0.25) is 14.8 Å². The fraction of sp³-hybridized carbons (Fsp3) is 0.656. The van der Waals surface area contributed by atoms with Gasteiger partial charge in [-0.05, 0) is 117 Å². The lowest BCUT2D eigenvalue weighted by Crippen LogP contribution is -2.55. The third kappa shape index (κ3) is 6.75. The van der Waals surface area contributed by atoms with Gasteiger partial charge in [-0.1, -0.05) is 38.5 Å². The molecule has 1 amide bonds. The normalized spacial score (nSPS) is 26.3. The smallest absolute Gasteiger partial charge is 0.220 e. The van der Waals surface area contributed by atoms with Crippen LogP contribution in [0.5, 0.6) is 0 Å². The number of carbonyl (C=O) groups excluding carboxylic acids is 1. The summed E-state index contributed by atoms with van der Waals surface area (Å²) < 4.78 is 0. The lowest BCUT2D eigenvalue weighted by atomic mass is 9.54. The summed E-state index contributed by atoms with van der Waals surface area (Å²) in [6.07, 6.45) is 22.6. The van der Waals surface area contributed by atoms with Crippen LogP contribution in [-0.2, 0) is 11.2 Å². The van der Waals surface area contributed by atoms with Gasteiger partial charge < -0.3 is 5.32 Å². The van der Waals surface area contributed by atoms with Crippen LogP contribution in [0.4, 0.5) is 0 Å². The third-order valence-electron chi connectivity index (χ3n) is 9.18. The van der Waals surface area contributed by atoms with E-state index in [1.54, 1.807) is 0 Å². The summed E-state index contributed by atoms with van der Waals surface area (Å²) in [7, 11) is 0. The Bertz CT molecular complexity index is 974. The molecule has 194 valence electrons. The molecule has 0 aliphatic heterocycles. The minimum Gasteiger partial charge on any atom is -0.353 e. The Hall–Kier alpha value is -2.23. The van der Waals surface area contributed by atoms with Crippen LogP contribution in [0, 0.1) is 30.6 Å². The van der Waals surface area contributed by atoms with Crippen LogP contribution in [-0.4, -0.2) is 21.9 Å². The summed E-state index contributed by atoms with van der Waals surface area (Å²) in [5.41, 5.74) is 4.51. The van der Waals surface area contributed by atoms with Crippen LogP contribution in [0.15, 0.2) is 36.7 Å². The van der Waals surface area contributed by atoms with E-state index in [1.807, 2.05) is 18.5 Å². The van der Waals surface area contributed by atoms with E-state index in [1.165, 1.54) is 88.2 Å². The van der Waals surface area contributed by atoms with E-state index in [0.717, 1.165) is 54.3 Å². The molecule has 0 unspecified atom stereocenters. The first-order valence-electron chi connectivity index (χ1n) is 14.8. The molecule has 0 radical (unpaired) electrons. The van der Waals surface area contributed by atoms with E-state index in [0.29, 0.717) is 11.9 Å². The van der Waals surface area contributed by atoms with E-state index in [4.69, 9.17) is 0 Å². The van der Waals surface area contributed by atoms with Crippen LogP contribution < -0.4 is 5.32 Å². The highest BCUT2D eigenvalue weighted by Crippen LogP contribution is 2.53. The summed E-state index contributed by atoms with van der Waals surface area (Å²) >= 11 is 0. The molecular formula is C32H45N3O. The monoisotopic (exact) mass is 487 g/mol. The van der Waals surface area contributed by atoms with Crippen LogP contribution in [0.2, 0.25) is 0 Å². The molecule has 4 nitrogen and oxygen atoms in total. The van der Waals surface area contributed by atoms with Crippen molar-refractivity contribution in [3.8, 4) is 11.4 Å². The minimum atomic E-state index is 0.324. The second kappa shape index (κ2) is 12.3. The van der Waals surface area contributed by atoms with Crippen LogP contribution in [0.25, 0.3) is 11.4 Å². The molecule has 6 rings (SSSR count). The zero-order chi connectivity index (χ0) is 24.7. The highest BCUT2D eigenvalue weighted by Gasteiger charge is 2.48. The van der Waals surface area contributed by atoms with Gasteiger partial charge in [-0.2, -0.15) is 0 Å². The molecule has 0 saturated heterocycles. The van der Waals surface area contributed by atoms with Crippen molar-refractivity contribution in [3.05, 3.63) is 47.8 Å². The highest BCUT2D eigenvalue weighted by atomic mass is 16.1. The maximum atomic E-state index is 12.6. The number of nitrogens with zero attached hydrogens (tertiary/aromatic N) is 2. The molecule has 4 aliphatic carbocycles. The average Bonchev–Trinajstić information content (AvgIpc) is 2.87. The van der Waals surface area contributed by atoms with Crippen molar-refractivity contribution in [1.82, 2.24) is 15.3 Å². The molecule has 2 aromatic heterocycles. The molecule has 1 N–H and O–H groups in total. The third-order valence-corrected chi connectivity index (χ3v) is 9.18. The van der Waals surface area contributed by atoms with Gasteiger partial charge in [-0.15, -0.1) is 0 Å². The van der Waals surface area contributed by atoms with E-state index >= 15 is 0 Å². The van der Waals surface area contributed by atoms with Gasteiger partial charge in [0.25, 0.3) is 0 Å². The summed E-state index contributed by atoms with van der Waals surface area (Å²) in [5.74, 6) is 3.85. The van der Waals surface area contributed by atoms with E-state index in [-0.39, 0.29) is 0 Å². The highest BCUT2D eigenvalue weighted by molar-refractivity contribution is 5.76. The molecule has 4 fully saturated rings. The molecule has 0 atom stereocenters. The molecule has 4 bridgehead atoms. The second-order valence-corrected chi connectivity index (χ2v) is 12.1. The Morgan fingerprint density at radius 3 is 2.03 bits per heavy atom. The van der Waals surface area contributed by atoms with Crippen molar-refractivity contribution >= 4 is 5.91 Å².